The molecule has 3 atom stereocenters. The van der Waals surface area contributed by atoms with Crippen LogP contribution in [-0.2, 0) is 14.2 Å². The Morgan fingerprint density at radius 2 is 2.00 bits per heavy atom. The first-order chi connectivity index (χ1) is 5.95. The molecule has 2 heterocycles. The standard InChI is InChI=1S/C10H18O3/c1-5-7-6-10(4)8(11-7)12-9(2,3)13-10/h7-8H,5-6H2,1-4H3/t7-,8?,10-/m1/s1. The minimum Gasteiger partial charge on any atom is -0.346 e. The molecule has 0 saturated carbocycles. The second kappa shape index (κ2) is 2.69. The molecule has 1 unspecified atom stereocenters. The van der Waals surface area contributed by atoms with Gasteiger partial charge in [-0.1, -0.05) is 6.92 Å². The van der Waals surface area contributed by atoms with Gasteiger partial charge in [0.2, 0.25) is 0 Å². The van der Waals surface area contributed by atoms with Crippen LogP contribution in [-0.4, -0.2) is 23.8 Å². The molecule has 2 rings (SSSR count). The Bertz CT molecular complexity index is 214. The monoisotopic (exact) mass is 186 g/mol. The zero-order valence-corrected chi connectivity index (χ0v) is 8.79. The topological polar surface area (TPSA) is 27.7 Å². The van der Waals surface area contributed by atoms with Gasteiger partial charge in [0, 0.05) is 6.42 Å². The van der Waals surface area contributed by atoms with E-state index in [4.69, 9.17) is 14.2 Å². The largest absolute Gasteiger partial charge is 0.346 e. The quantitative estimate of drug-likeness (QED) is 0.627. The van der Waals surface area contributed by atoms with E-state index in [2.05, 4.69) is 13.8 Å². The molecule has 0 N–H and O–H groups in total. The highest BCUT2D eigenvalue weighted by atomic mass is 16.8. The van der Waals surface area contributed by atoms with Gasteiger partial charge in [0.1, 0.15) is 5.60 Å². The molecule has 0 aromatic heterocycles. The third-order valence-corrected chi connectivity index (χ3v) is 2.77. The summed E-state index contributed by atoms with van der Waals surface area (Å²) in [5, 5.41) is 0. The SMILES string of the molecule is CC[C@@H]1C[C@@]2(C)OC(C)(C)OC2O1. The summed E-state index contributed by atoms with van der Waals surface area (Å²) in [6, 6.07) is 0. The third-order valence-electron chi connectivity index (χ3n) is 2.77. The molecule has 3 heteroatoms. The average molecular weight is 186 g/mol. The number of rotatable bonds is 1. The van der Waals surface area contributed by atoms with Gasteiger partial charge in [-0.2, -0.15) is 0 Å². The van der Waals surface area contributed by atoms with E-state index in [0.717, 1.165) is 12.8 Å². The molecular formula is C10H18O3. The summed E-state index contributed by atoms with van der Waals surface area (Å²) in [7, 11) is 0. The van der Waals surface area contributed by atoms with Gasteiger partial charge < -0.3 is 14.2 Å². The van der Waals surface area contributed by atoms with Crippen LogP contribution in [0.4, 0.5) is 0 Å². The molecule has 0 aliphatic carbocycles. The Morgan fingerprint density at radius 1 is 1.31 bits per heavy atom. The number of hydrogen-bond donors (Lipinski definition) is 0. The van der Waals surface area contributed by atoms with Crippen LogP contribution in [0.2, 0.25) is 0 Å². The highest BCUT2D eigenvalue weighted by Crippen LogP contribution is 2.45. The van der Waals surface area contributed by atoms with Crippen molar-refractivity contribution in [3.8, 4) is 0 Å². The fourth-order valence-electron chi connectivity index (χ4n) is 2.24. The van der Waals surface area contributed by atoms with Gasteiger partial charge in [0.05, 0.1) is 6.10 Å². The van der Waals surface area contributed by atoms with Crippen molar-refractivity contribution in [3.05, 3.63) is 0 Å². The first-order valence-electron chi connectivity index (χ1n) is 4.99. The van der Waals surface area contributed by atoms with Crippen molar-refractivity contribution in [2.24, 2.45) is 0 Å². The van der Waals surface area contributed by atoms with E-state index >= 15 is 0 Å². The van der Waals surface area contributed by atoms with Crippen molar-refractivity contribution in [2.45, 2.75) is 64.3 Å². The predicted octanol–water partition coefficient (Wildman–Crippen LogP) is 2.05. The summed E-state index contributed by atoms with van der Waals surface area (Å²) < 4.78 is 17.2. The lowest BCUT2D eigenvalue weighted by Crippen LogP contribution is -2.32. The van der Waals surface area contributed by atoms with E-state index < -0.39 is 5.79 Å². The summed E-state index contributed by atoms with van der Waals surface area (Å²) in [4.78, 5) is 0. The molecule has 2 aliphatic heterocycles. The zero-order chi connectivity index (χ0) is 9.69. The molecule has 3 nitrogen and oxygen atoms in total. The van der Waals surface area contributed by atoms with Gasteiger partial charge >= 0.3 is 0 Å². The lowest BCUT2D eigenvalue weighted by Gasteiger charge is -2.23. The maximum Gasteiger partial charge on any atom is 0.190 e. The summed E-state index contributed by atoms with van der Waals surface area (Å²) in [6.45, 7) is 8.06. The first-order valence-corrected chi connectivity index (χ1v) is 4.99. The number of hydrogen-bond acceptors (Lipinski definition) is 3. The normalized spacial score (nSPS) is 48.0. The van der Waals surface area contributed by atoms with Gasteiger partial charge in [-0.3, -0.25) is 0 Å². The first kappa shape index (κ1) is 9.44. The highest BCUT2D eigenvalue weighted by molar-refractivity contribution is 4.95. The van der Waals surface area contributed by atoms with Gasteiger partial charge in [-0.25, -0.2) is 0 Å². The second-order valence-electron chi connectivity index (χ2n) is 4.63. The molecule has 13 heavy (non-hydrogen) atoms. The van der Waals surface area contributed by atoms with Crippen molar-refractivity contribution in [1.82, 2.24) is 0 Å². The summed E-state index contributed by atoms with van der Waals surface area (Å²) >= 11 is 0. The van der Waals surface area contributed by atoms with Crippen molar-refractivity contribution in [3.63, 3.8) is 0 Å². The van der Waals surface area contributed by atoms with Crippen molar-refractivity contribution in [2.75, 3.05) is 0 Å². The molecular weight excluding hydrogens is 168 g/mol. The summed E-state index contributed by atoms with van der Waals surface area (Å²) in [5.41, 5.74) is -0.232. The predicted molar refractivity (Wildman–Crippen MR) is 48.2 cm³/mol. The van der Waals surface area contributed by atoms with Crippen molar-refractivity contribution in [1.29, 1.82) is 0 Å². The zero-order valence-electron chi connectivity index (χ0n) is 8.79. The van der Waals surface area contributed by atoms with E-state index in [1.54, 1.807) is 0 Å². The lowest BCUT2D eigenvalue weighted by molar-refractivity contribution is -0.206. The smallest absolute Gasteiger partial charge is 0.190 e. The molecule has 0 amide bonds. The Labute approximate surface area is 79.4 Å². The maximum atomic E-state index is 5.85. The molecule has 0 radical (unpaired) electrons. The molecule has 2 fully saturated rings. The molecule has 0 aromatic rings. The van der Waals surface area contributed by atoms with Gasteiger partial charge in [0.25, 0.3) is 0 Å². The number of fused-ring (bicyclic) bond motifs is 1. The Kier molecular flexibility index (Phi) is 1.95. The second-order valence-corrected chi connectivity index (χ2v) is 4.63. The minimum atomic E-state index is -0.488. The average Bonchev–Trinajstić information content (AvgIpc) is 2.35. The van der Waals surface area contributed by atoms with Crippen molar-refractivity contribution < 1.29 is 14.2 Å². The van der Waals surface area contributed by atoms with Crippen LogP contribution in [0.15, 0.2) is 0 Å². The molecule has 0 spiro atoms. The van der Waals surface area contributed by atoms with Gasteiger partial charge in [-0.15, -0.1) is 0 Å². The summed E-state index contributed by atoms with van der Waals surface area (Å²) in [5.74, 6) is -0.488. The van der Waals surface area contributed by atoms with Crippen LogP contribution in [0.3, 0.4) is 0 Å². The maximum absolute atomic E-state index is 5.85. The van der Waals surface area contributed by atoms with E-state index in [-0.39, 0.29) is 11.9 Å². The van der Waals surface area contributed by atoms with E-state index in [0.29, 0.717) is 6.10 Å². The Balaban J connectivity index is 2.11. The number of ether oxygens (including phenoxy) is 3. The summed E-state index contributed by atoms with van der Waals surface area (Å²) in [6.07, 6.45) is 2.09. The van der Waals surface area contributed by atoms with E-state index in [1.165, 1.54) is 0 Å². The van der Waals surface area contributed by atoms with Crippen molar-refractivity contribution >= 4 is 0 Å². The van der Waals surface area contributed by atoms with E-state index in [9.17, 15) is 0 Å². The highest BCUT2D eigenvalue weighted by Gasteiger charge is 2.56. The fraction of sp³-hybridized carbons (Fsp3) is 1.00. The third kappa shape index (κ3) is 1.49. The van der Waals surface area contributed by atoms with E-state index in [1.807, 2.05) is 13.8 Å². The van der Waals surface area contributed by atoms with Crippen LogP contribution in [0, 0.1) is 0 Å². The molecule has 2 aliphatic rings. The van der Waals surface area contributed by atoms with Crippen LogP contribution in [0.25, 0.3) is 0 Å². The van der Waals surface area contributed by atoms with Crippen LogP contribution >= 0.6 is 0 Å². The Hall–Kier alpha value is -0.120. The molecule has 76 valence electrons. The molecule has 2 saturated heterocycles. The minimum absolute atomic E-state index is 0.174. The lowest BCUT2D eigenvalue weighted by atomic mass is 10.0. The molecule has 0 aromatic carbocycles. The molecule has 0 bridgehead atoms. The Morgan fingerprint density at radius 3 is 2.54 bits per heavy atom. The van der Waals surface area contributed by atoms with Crippen LogP contribution in [0.1, 0.15) is 40.5 Å². The fourth-order valence-corrected chi connectivity index (χ4v) is 2.24. The van der Waals surface area contributed by atoms with Crippen LogP contribution in [0.5, 0.6) is 0 Å². The van der Waals surface area contributed by atoms with Gasteiger partial charge in [0.15, 0.2) is 12.1 Å². The van der Waals surface area contributed by atoms with Crippen LogP contribution < -0.4 is 0 Å². The van der Waals surface area contributed by atoms with Gasteiger partial charge in [-0.05, 0) is 27.2 Å².